The molecular weight excluding hydrogens is 506 g/mol. The van der Waals surface area contributed by atoms with E-state index in [1.165, 1.54) is 23.7 Å². The summed E-state index contributed by atoms with van der Waals surface area (Å²) in [6.45, 7) is 3.88. The van der Waals surface area contributed by atoms with Gasteiger partial charge in [-0.3, -0.25) is 18.8 Å². The smallest absolute Gasteiger partial charge is 0.332 e. The molecule has 2 aromatic heterocycles. The van der Waals surface area contributed by atoms with Gasteiger partial charge in [0.15, 0.2) is 11.2 Å². The Hall–Kier alpha value is -3.14. The number of nitrogens with zero attached hydrogens (tertiary/aromatic N) is 6. The lowest BCUT2D eigenvalue weighted by Gasteiger charge is -2.36. The van der Waals surface area contributed by atoms with Crippen LogP contribution in [-0.2, 0) is 27.2 Å². The van der Waals surface area contributed by atoms with Gasteiger partial charge in [0.05, 0.1) is 13.1 Å². The van der Waals surface area contributed by atoms with Crippen LogP contribution in [0.4, 0.5) is 10.1 Å². The predicted octanol–water partition coefficient (Wildman–Crippen LogP) is 3.25. The molecule has 8 nitrogen and oxygen atoms in total. The largest absolute Gasteiger partial charge is 0.369 e. The molecule has 5 rings (SSSR count). The molecule has 0 spiro atoms. The number of fused-ring (bicyclic) bond motifs is 1. The third-order valence-electron chi connectivity index (χ3n) is 6.70. The third kappa shape index (κ3) is 4.54. The highest BCUT2D eigenvalue weighted by Crippen LogP contribution is 2.24. The third-order valence-corrected chi connectivity index (χ3v) is 7.29. The van der Waals surface area contributed by atoms with Crippen molar-refractivity contribution in [2.45, 2.75) is 13.1 Å². The number of hydrogen-bond donors (Lipinski definition) is 0. The van der Waals surface area contributed by atoms with Gasteiger partial charge in [-0.25, -0.2) is 14.2 Å². The maximum Gasteiger partial charge on any atom is 0.332 e. The maximum atomic E-state index is 13.3. The molecule has 4 aromatic rings. The van der Waals surface area contributed by atoms with Gasteiger partial charge in [-0.1, -0.05) is 29.3 Å². The van der Waals surface area contributed by atoms with Gasteiger partial charge >= 0.3 is 5.69 Å². The lowest BCUT2D eigenvalue weighted by molar-refractivity contribution is 0.241. The zero-order valence-corrected chi connectivity index (χ0v) is 21.4. The molecule has 0 N–H and O–H groups in total. The van der Waals surface area contributed by atoms with Crippen molar-refractivity contribution in [1.29, 1.82) is 0 Å². The summed E-state index contributed by atoms with van der Waals surface area (Å²) in [5.74, 6) is 0.419. The molecule has 11 heteroatoms. The number of imidazole rings is 1. The minimum absolute atomic E-state index is 0.252. The number of anilines is 1. The number of piperazine rings is 1. The molecule has 0 amide bonds. The van der Waals surface area contributed by atoms with E-state index in [1.807, 2.05) is 10.6 Å². The molecular formula is C25H25Cl2FN6O2. The molecule has 1 aliphatic heterocycles. The van der Waals surface area contributed by atoms with Crippen LogP contribution in [0, 0.1) is 5.82 Å². The second-order valence-electron chi connectivity index (χ2n) is 8.97. The van der Waals surface area contributed by atoms with Crippen molar-refractivity contribution in [3.8, 4) is 0 Å². The number of halogens is 3. The van der Waals surface area contributed by atoms with Crippen LogP contribution in [0.5, 0.6) is 0 Å². The summed E-state index contributed by atoms with van der Waals surface area (Å²) in [5.41, 5.74) is 1.63. The van der Waals surface area contributed by atoms with E-state index >= 15 is 0 Å². The molecule has 0 radical (unpaired) electrons. The fourth-order valence-electron chi connectivity index (χ4n) is 4.62. The van der Waals surface area contributed by atoms with Crippen LogP contribution in [0.1, 0.15) is 11.4 Å². The summed E-state index contributed by atoms with van der Waals surface area (Å²) in [6.07, 6.45) is 0. The standard InChI is InChI=1S/C25H25Cl2FN6O2/c1-30-23-22(24(35)31(2)25(30)36)34(14-16-3-4-17(26)13-20(16)27)21(29-23)15-32-9-11-33(12-10-32)19-7-5-18(28)6-8-19/h3-8,13H,9-12,14-15H2,1-2H3. The molecule has 2 aromatic carbocycles. The van der Waals surface area contributed by atoms with E-state index in [0.717, 1.165) is 42.0 Å². The Labute approximate surface area is 216 Å². The highest BCUT2D eigenvalue weighted by molar-refractivity contribution is 6.35. The summed E-state index contributed by atoms with van der Waals surface area (Å²) in [7, 11) is 3.08. The van der Waals surface area contributed by atoms with Crippen LogP contribution in [-0.4, -0.2) is 49.8 Å². The molecule has 0 atom stereocenters. The van der Waals surface area contributed by atoms with E-state index in [1.54, 1.807) is 31.3 Å². The minimum Gasteiger partial charge on any atom is -0.369 e. The Morgan fingerprint density at radius 1 is 0.917 bits per heavy atom. The molecule has 0 aliphatic carbocycles. The van der Waals surface area contributed by atoms with Crippen molar-refractivity contribution < 1.29 is 4.39 Å². The van der Waals surface area contributed by atoms with Crippen molar-refractivity contribution in [2.75, 3.05) is 31.1 Å². The predicted molar refractivity (Wildman–Crippen MR) is 140 cm³/mol. The first-order valence-corrected chi connectivity index (χ1v) is 12.3. The zero-order chi connectivity index (χ0) is 25.6. The van der Waals surface area contributed by atoms with Gasteiger partial charge in [-0.05, 0) is 42.0 Å². The number of aromatic nitrogens is 4. The van der Waals surface area contributed by atoms with Gasteiger partial charge < -0.3 is 9.47 Å². The monoisotopic (exact) mass is 530 g/mol. The van der Waals surface area contributed by atoms with Crippen LogP contribution in [0.25, 0.3) is 11.2 Å². The zero-order valence-electron chi connectivity index (χ0n) is 19.9. The van der Waals surface area contributed by atoms with Crippen molar-refractivity contribution in [1.82, 2.24) is 23.6 Å². The normalized spacial score (nSPS) is 14.6. The first-order valence-electron chi connectivity index (χ1n) is 11.5. The van der Waals surface area contributed by atoms with Gasteiger partial charge in [-0.2, -0.15) is 0 Å². The second kappa shape index (κ2) is 9.72. The van der Waals surface area contributed by atoms with E-state index in [2.05, 4.69) is 9.80 Å². The van der Waals surface area contributed by atoms with Gasteiger partial charge in [0.25, 0.3) is 5.56 Å². The SMILES string of the molecule is Cn1c(=O)c2c(nc(CN3CCN(c4ccc(F)cc4)CC3)n2Cc2ccc(Cl)cc2Cl)n(C)c1=O. The first kappa shape index (κ1) is 24.5. The van der Waals surface area contributed by atoms with Crippen molar-refractivity contribution in [2.24, 2.45) is 14.1 Å². The number of benzene rings is 2. The van der Waals surface area contributed by atoms with Crippen molar-refractivity contribution >= 4 is 40.1 Å². The Morgan fingerprint density at radius 2 is 1.61 bits per heavy atom. The average Bonchev–Trinajstić information content (AvgIpc) is 3.22. The molecule has 0 bridgehead atoms. The van der Waals surface area contributed by atoms with Crippen LogP contribution < -0.4 is 16.1 Å². The van der Waals surface area contributed by atoms with E-state index < -0.39 is 11.2 Å². The maximum absolute atomic E-state index is 13.3. The topological polar surface area (TPSA) is 68.3 Å². The quantitative estimate of drug-likeness (QED) is 0.396. The van der Waals surface area contributed by atoms with Crippen LogP contribution >= 0.6 is 23.2 Å². The molecule has 188 valence electrons. The van der Waals surface area contributed by atoms with E-state index in [4.69, 9.17) is 28.2 Å². The highest BCUT2D eigenvalue weighted by atomic mass is 35.5. The second-order valence-corrected chi connectivity index (χ2v) is 9.81. The van der Waals surface area contributed by atoms with E-state index in [0.29, 0.717) is 40.1 Å². The fraction of sp³-hybridized carbons (Fsp3) is 0.320. The van der Waals surface area contributed by atoms with Crippen LogP contribution in [0.2, 0.25) is 10.0 Å². The van der Waals surface area contributed by atoms with E-state index in [9.17, 15) is 14.0 Å². The summed E-state index contributed by atoms with van der Waals surface area (Å²) >= 11 is 12.5. The number of rotatable bonds is 5. The van der Waals surface area contributed by atoms with Crippen LogP contribution in [0.3, 0.4) is 0 Å². The molecule has 1 saturated heterocycles. The number of aryl methyl sites for hydroxylation is 1. The molecule has 1 fully saturated rings. The molecule has 3 heterocycles. The number of hydrogen-bond acceptors (Lipinski definition) is 5. The fourth-order valence-corrected chi connectivity index (χ4v) is 5.09. The van der Waals surface area contributed by atoms with Gasteiger partial charge in [0, 0.05) is 56.0 Å². The average molecular weight is 531 g/mol. The van der Waals surface area contributed by atoms with Gasteiger partial charge in [0.2, 0.25) is 0 Å². The summed E-state index contributed by atoms with van der Waals surface area (Å²) in [5, 5.41) is 1.02. The van der Waals surface area contributed by atoms with Crippen molar-refractivity contribution in [3.63, 3.8) is 0 Å². The Balaban J connectivity index is 1.48. The summed E-state index contributed by atoms with van der Waals surface area (Å²) < 4.78 is 17.6. The molecule has 36 heavy (non-hydrogen) atoms. The van der Waals surface area contributed by atoms with Crippen LogP contribution in [0.15, 0.2) is 52.1 Å². The Kier molecular flexibility index (Phi) is 6.63. The Bertz CT molecular complexity index is 1550. The minimum atomic E-state index is -0.430. The van der Waals surface area contributed by atoms with Crippen molar-refractivity contribution in [3.05, 3.63) is 90.6 Å². The van der Waals surface area contributed by atoms with Gasteiger partial charge in [-0.15, -0.1) is 0 Å². The van der Waals surface area contributed by atoms with E-state index in [-0.39, 0.29) is 5.82 Å². The lowest BCUT2D eigenvalue weighted by Crippen LogP contribution is -2.46. The summed E-state index contributed by atoms with van der Waals surface area (Å²) in [4.78, 5) is 34.9. The molecule has 0 saturated carbocycles. The molecule has 0 unspecified atom stereocenters. The van der Waals surface area contributed by atoms with Gasteiger partial charge in [0.1, 0.15) is 11.6 Å². The molecule has 1 aliphatic rings. The Morgan fingerprint density at radius 3 is 2.28 bits per heavy atom. The summed E-state index contributed by atoms with van der Waals surface area (Å²) in [6, 6.07) is 11.8. The highest BCUT2D eigenvalue weighted by Gasteiger charge is 2.24. The first-order chi connectivity index (χ1) is 17.2. The lowest BCUT2D eigenvalue weighted by atomic mass is 10.2.